The Morgan fingerprint density at radius 1 is 1.32 bits per heavy atom. The highest BCUT2D eigenvalue weighted by molar-refractivity contribution is 5.84. The van der Waals surface area contributed by atoms with E-state index in [9.17, 15) is 0 Å². The normalized spacial score (nSPS) is 17.4. The fraction of sp³-hybridized carbons (Fsp3) is 0.650. The molecule has 0 bridgehead atoms. The summed E-state index contributed by atoms with van der Waals surface area (Å²) in [6.45, 7) is 18.3. The summed E-state index contributed by atoms with van der Waals surface area (Å²) in [7, 11) is 3.52. The van der Waals surface area contributed by atoms with E-state index in [2.05, 4.69) is 52.2 Å². The van der Waals surface area contributed by atoms with Crippen molar-refractivity contribution in [2.45, 2.75) is 47.0 Å². The molecule has 1 fully saturated rings. The number of hydroxylamine groups is 2. The van der Waals surface area contributed by atoms with E-state index in [4.69, 9.17) is 14.6 Å². The average molecular weight is 350 g/mol. The van der Waals surface area contributed by atoms with E-state index < -0.39 is 0 Å². The molecule has 1 aliphatic rings. The summed E-state index contributed by atoms with van der Waals surface area (Å²) in [4.78, 5) is 10.1. The predicted octanol–water partition coefficient (Wildman–Crippen LogP) is 4.26. The molecule has 0 amide bonds. The Bertz CT molecular complexity index is 524. The summed E-state index contributed by atoms with van der Waals surface area (Å²) in [6, 6.07) is 0. The van der Waals surface area contributed by atoms with Crippen molar-refractivity contribution in [3.8, 4) is 0 Å². The lowest BCUT2D eigenvalue weighted by molar-refractivity contribution is -0.0500. The van der Waals surface area contributed by atoms with Gasteiger partial charge in [0, 0.05) is 31.9 Å². The van der Waals surface area contributed by atoms with E-state index in [1.807, 2.05) is 7.05 Å². The molecule has 142 valence electrons. The molecule has 1 N–H and O–H groups in total. The van der Waals surface area contributed by atoms with E-state index in [0.29, 0.717) is 11.7 Å². The van der Waals surface area contributed by atoms with Crippen LogP contribution in [0.15, 0.2) is 41.3 Å². The number of allylic oxidation sites excluding steroid dienone is 3. The van der Waals surface area contributed by atoms with Crippen molar-refractivity contribution >= 4 is 5.84 Å². The van der Waals surface area contributed by atoms with Gasteiger partial charge in [-0.15, -0.1) is 0 Å². The molecule has 0 spiro atoms. The first-order chi connectivity index (χ1) is 11.7. The van der Waals surface area contributed by atoms with Crippen LogP contribution in [-0.2, 0) is 9.57 Å². The second-order valence-electron chi connectivity index (χ2n) is 7.41. The molecule has 0 aliphatic carbocycles. The number of nitrogens with one attached hydrogen (secondary N) is 1. The zero-order valence-electron chi connectivity index (χ0n) is 16.8. The van der Waals surface area contributed by atoms with Gasteiger partial charge in [0.25, 0.3) is 0 Å². The molecule has 0 unspecified atom stereocenters. The van der Waals surface area contributed by atoms with Crippen LogP contribution in [0.5, 0.6) is 0 Å². The topological polar surface area (TPSA) is 46.1 Å². The Kier molecular flexibility index (Phi) is 8.39. The van der Waals surface area contributed by atoms with Crippen LogP contribution >= 0.6 is 0 Å². The van der Waals surface area contributed by atoms with Gasteiger partial charge in [-0.25, -0.2) is 10.1 Å². The number of hydrogen-bond donors (Lipinski definition) is 1. The lowest BCUT2D eigenvalue weighted by Gasteiger charge is -2.29. The van der Waals surface area contributed by atoms with Crippen molar-refractivity contribution in [3.05, 3.63) is 36.3 Å². The molecule has 0 radical (unpaired) electrons. The second-order valence-corrected chi connectivity index (χ2v) is 7.41. The fourth-order valence-corrected chi connectivity index (χ4v) is 2.47. The zero-order valence-corrected chi connectivity index (χ0v) is 16.8. The van der Waals surface area contributed by atoms with E-state index in [1.165, 1.54) is 0 Å². The number of nitrogens with zero attached hydrogens (tertiary/aromatic N) is 2. The molecule has 5 nitrogen and oxygen atoms in total. The van der Waals surface area contributed by atoms with E-state index in [-0.39, 0.29) is 5.41 Å². The SMILES string of the molecule is C=C(/N=C(/C1CCOCC1)N(C)OC)N/C(=C/C(=C)C(C)(C)C)CC. The molecule has 0 aromatic rings. The van der Waals surface area contributed by atoms with Crippen molar-refractivity contribution in [1.82, 2.24) is 10.4 Å². The maximum atomic E-state index is 5.45. The van der Waals surface area contributed by atoms with Crippen LogP contribution < -0.4 is 5.32 Å². The predicted molar refractivity (Wildman–Crippen MR) is 105 cm³/mol. The largest absolute Gasteiger partial charge is 0.381 e. The summed E-state index contributed by atoms with van der Waals surface area (Å²) in [5, 5.41) is 5.04. The Morgan fingerprint density at radius 2 is 1.92 bits per heavy atom. The number of amidine groups is 1. The lowest BCUT2D eigenvalue weighted by Crippen LogP contribution is -2.36. The lowest BCUT2D eigenvalue weighted by atomic mass is 9.87. The fourth-order valence-electron chi connectivity index (χ4n) is 2.47. The van der Waals surface area contributed by atoms with E-state index >= 15 is 0 Å². The van der Waals surface area contributed by atoms with Crippen molar-refractivity contribution in [1.29, 1.82) is 0 Å². The van der Waals surface area contributed by atoms with Crippen LogP contribution in [0.3, 0.4) is 0 Å². The Balaban J connectivity index is 2.91. The van der Waals surface area contributed by atoms with Gasteiger partial charge in [-0.05, 0) is 36.3 Å². The summed E-state index contributed by atoms with van der Waals surface area (Å²) >= 11 is 0. The maximum absolute atomic E-state index is 5.45. The third-order valence-electron chi connectivity index (χ3n) is 4.43. The summed E-state index contributed by atoms with van der Waals surface area (Å²) in [5.41, 5.74) is 2.17. The molecule has 5 heteroatoms. The Morgan fingerprint density at radius 3 is 2.40 bits per heavy atom. The average Bonchev–Trinajstić information content (AvgIpc) is 2.58. The van der Waals surface area contributed by atoms with Gasteiger partial charge >= 0.3 is 0 Å². The van der Waals surface area contributed by atoms with Crippen LogP contribution in [0, 0.1) is 11.3 Å². The smallest absolute Gasteiger partial charge is 0.134 e. The minimum Gasteiger partial charge on any atom is -0.381 e. The van der Waals surface area contributed by atoms with Crippen LogP contribution in [0.25, 0.3) is 0 Å². The molecular formula is C20H35N3O2. The van der Waals surface area contributed by atoms with Crippen molar-refractivity contribution in [2.24, 2.45) is 16.3 Å². The first-order valence-electron chi connectivity index (χ1n) is 8.99. The standard InChI is InChI=1S/C20H35N3O2/c1-9-18(14-15(2)20(4,5)6)21-16(3)22-19(23(7)24-8)17-10-12-25-13-11-17/h14,17,21H,2-3,9-13H2,1,4-8H3/b18-14+,22-19-. The molecule has 0 saturated carbocycles. The third kappa shape index (κ3) is 7.04. The van der Waals surface area contributed by atoms with Crippen LogP contribution in [0.2, 0.25) is 0 Å². The zero-order chi connectivity index (χ0) is 19.0. The molecular weight excluding hydrogens is 314 g/mol. The van der Waals surface area contributed by atoms with Gasteiger partial charge in [0.05, 0.1) is 7.11 Å². The monoisotopic (exact) mass is 349 g/mol. The minimum absolute atomic E-state index is 0.0379. The maximum Gasteiger partial charge on any atom is 0.134 e. The highest BCUT2D eigenvalue weighted by Gasteiger charge is 2.23. The van der Waals surface area contributed by atoms with Crippen molar-refractivity contribution in [3.63, 3.8) is 0 Å². The Hall–Kier alpha value is -1.59. The Labute approximate surface area is 153 Å². The first-order valence-corrected chi connectivity index (χ1v) is 8.99. The molecule has 1 heterocycles. The van der Waals surface area contributed by atoms with E-state index in [0.717, 1.165) is 49.6 Å². The number of rotatable bonds is 7. The summed E-state index contributed by atoms with van der Waals surface area (Å²) in [5.74, 6) is 1.81. The number of hydrogen-bond acceptors (Lipinski definition) is 4. The molecule has 1 rings (SSSR count). The first kappa shape index (κ1) is 21.5. The van der Waals surface area contributed by atoms with Gasteiger partial charge < -0.3 is 10.1 Å². The van der Waals surface area contributed by atoms with Crippen molar-refractivity contribution < 1.29 is 9.57 Å². The van der Waals surface area contributed by atoms with Gasteiger partial charge in [-0.3, -0.25) is 4.84 Å². The molecule has 0 atom stereocenters. The molecule has 1 saturated heterocycles. The summed E-state index contributed by atoms with van der Waals surface area (Å²) < 4.78 is 5.45. The number of aliphatic imine (C=N–C) groups is 1. The van der Waals surface area contributed by atoms with Crippen molar-refractivity contribution in [2.75, 3.05) is 27.4 Å². The van der Waals surface area contributed by atoms with Crippen LogP contribution in [0.1, 0.15) is 47.0 Å². The molecule has 1 aliphatic heterocycles. The minimum atomic E-state index is 0.0379. The molecule has 0 aromatic carbocycles. The van der Waals surface area contributed by atoms with Gasteiger partial charge in [0.1, 0.15) is 11.7 Å². The second kappa shape index (κ2) is 9.78. The third-order valence-corrected chi connectivity index (χ3v) is 4.43. The van der Waals surface area contributed by atoms with Gasteiger partial charge in [0.15, 0.2) is 0 Å². The highest BCUT2D eigenvalue weighted by atomic mass is 16.7. The van der Waals surface area contributed by atoms with Gasteiger partial charge in [-0.2, -0.15) is 0 Å². The van der Waals surface area contributed by atoms with Gasteiger partial charge in [-0.1, -0.05) is 40.9 Å². The van der Waals surface area contributed by atoms with E-state index in [1.54, 1.807) is 12.2 Å². The van der Waals surface area contributed by atoms with Crippen LogP contribution in [0.4, 0.5) is 0 Å². The van der Waals surface area contributed by atoms with Crippen LogP contribution in [-0.4, -0.2) is 38.3 Å². The highest BCUT2D eigenvalue weighted by Crippen LogP contribution is 2.26. The van der Waals surface area contributed by atoms with Gasteiger partial charge in [0.2, 0.25) is 0 Å². The summed E-state index contributed by atoms with van der Waals surface area (Å²) in [6.07, 6.45) is 4.83. The molecule has 0 aromatic heterocycles. The molecule has 25 heavy (non-hydrogen) atoms. The quantitative estimate of drug-likeness (QED) is 0.323. The number of ether oxygens (including phenoxy) is 1.